The number of nitrogens with zero attached hydrogens (tertiary/aromatic N) is 1. The van der Waals surface area contributed by atoms with E-state index < -0.39 is 0 Å². The number of nitrogens with one attached hydrogen (secondary N) is 1. The summed E-state index contributed by atoms with van der Waals surface area (Å²) in [7, 11) is 0. The lowest BCUT2D eigenvalue weighted by Gasteiger charge is -2.09. The van der Waals surface area contributed by atoms with Gasteiger partial charge in [-0.05, 0) is 12.1 Å². The largest absolute Gasteiger partial charge is 0.354 e. The summed E-state index contributed by atoms with van der Waals surface area (Å²) < 4.78 is 2.02. The molecule has 0 aromatic carbocycles. The highest BCUT2D eigenvalue weighted by molar-refractivity contribution is 5.78. The van der Waals surface area contributed by atoms with Gasteiger partial charge in [-0.1, -0.05) is 6.92 Å². The number of amides is 1. The molecule has 1 aromatic heterocycles. The fourth-order valence-electron chi connectivity index (χ4n) is 1.11. The number of rotatable bonds is 5. The van der Waals surface area contributed by atoms with Crippen LogP contribution in [0.4, 0.5) is 0 Å². The van der Waals surface area contributed by atoms with Crippen LogP contribution >= 0.6 is 0 Å². The van der Waals surface area contributed by atoms with Crippen molar-refractivity contribution < 1.29 is 4.79 Å². The van der Waals surface area contributed by atoms with E-state index in [1.54, 1.807) is 0 Å². The summed E-state index contributed by atoms with van der Waals surface area (Å²) in [4.78, 5) is 11.3. The molecular weight excluding hydrogens is 178 g/mol. The van der Waals surface area contributed by atoms with Gasteiger partial charge in [0, 0.05) is 37.9 Å². The number of carbonyl (C=O) groups excluding carboxylic acids is 1. The number of carbonyl (C=O) groups is 1. The first-order valence-electron chi connectivity index (χ1n) is 4.82. The van der Waals surface area contributed by atoms with Crippen molar-refractivity contribution in [3.8, 4) is 0 Å². The second-order valence-corrected chi connectivity index (χ2v) is 3.35. The van der Waals surface area contributed by atoms with Crippen molar-refractivity contribution in [3.63, 3.8) is 0 Å². The van der Waals surface area contributed by atoms with E-state index in [0.717, 1.165) is 6.54 Å². The molecule has 1 rings (SSSR count). The van der Waals surface area contributed by atoms with Crippen LogP contribution in [0.25, 0.3) is 0 Å². The topological polar surface area (TPSA) is 60.1 Å². The highest BCUT2D eigenvalue weighted by atomic mass is 16.1. The average molecular weight is 195 g/mol. The lowest BCUT2D eigenvalue weighted by molar-refractivity contribution is -0.124. The minimum absolute atomic E-state index is 0.0275. The van der Waals surface area contributed by atoms with Crippen LogP contribution in [0.15, 0.2) is 24.5 Å². The maximum Gasteiger partial charge on any atom is 0.224 e. The molecular formula is C10H17N3O. The van der Waals surface area contributed by atoms with Gasteiger partial charge in [0.05, 0.1) is 0 Å². The fourth-order valence-corrected chi connectivity index (χ4v) is 1.11. The Morgan fingerprint density at radius 1 is 1.50 bits per heavy atom. The Hall–Kier alpha value is -1.29. The molecule has 4 nitrogen and oxygen atoms in total. The Bertz CT molecular complexity index is 269. The Morgan fingerprint density at radius 3 is 2.71 bits per heavy atom. The van der Waals surface area contributed by atoms with E-state index in [0.29, 0.717) is 13.1 Å². The van der Waals surface area contributed by atoms with Crippen molar-refractivity contribution in [2.75, 3.05) is 13.1 Å². The van der Waals surface area contributed by atoms with Crippen molar-refractivity contribution in [2.45, 2.75) is 13.5 Å². The van der Waals surface area contributed by atoms with Crippen molar-refractivity contribution in [2.24, 2.45) is 11.7 Å². The summed E-state index contributed by atoms with van der Waals surface area (Å²) in [6.07, 6.45) is 3.94. The minimum Gasteiger partial charge on any atom is -0.354 e. The Balaban J connectivity index is 2.18. The van der Waals surface area contributed by atoms with Gasteiger partial charge in [-0.3, -0.25) is 4.79 Å². The number of nitrogens with two attached hydrogens (primary N) is 1. The zero-order chi connectivity index (χ0) is 10.4. The molecule has 0 bridgehead atoms. The van der Waals surface area contributed by atoms with Gasteiger partial charge < -0.3 is 15.6 Å². The normalized spacial score (nSPS) is 12.4. The maximum absolute atomic E-state index is 11.3. The molecule has 0 aliphatic rings. The van der Waals surface area contributed by atoms with Crippen molar-refractivity contribution >= 4 is 5.91 Å². The smallest absolute Gasteiger partial charge is 0.224 e. The van der Waals surface area contributed by atoms with E-state index in [2.05, 4.69) is 5.32 Å². The molecule has 0 aliphatic heterocycles. The van der Waals surface area contributed by atoms with E-state index in [-0.39, 0.29) is 11.8 Å². The second kappa shape index (κ2) is 5.44. The van der Waals surface area contributed by atoms with Gasteiger partial charge in [0.15, 0.2) is 0 Å². The summed E-state index contributed by atoms with van der Waals surface area (Å²) in [5.74, 6) is -0.0701. The molecule has 1 unspecified atom stereocenters. The monoisotopic (exact) mass is 195 g/mol. The molecule has 0 aliphatic carbocycles. The molecule has 0 spiro atoms. The molecule has 1 heterocycles. The first kappa shape index (κ1) is 10.8. The molecule has 3 N–H and O–H groups in total. The number of hydrogen-bond acceptors (Lipinski definition) is 2. The lowest BCUT2D eigenvalue weighted by Crippen LogP contribution is -2.34. The minimum atomic E-state index is -0.0975. The fraction of sp³-hybridized carbons (Fsp3) is 0.500. The van der Waals surface area contributed by atoms with Gasteiger partial charge in [-0.25, -0.2) is 0 Å². The summed E-state index contributed by atoms with van der Waals surface area (Å²) in [6.45, 7) is 3.67. The van der Waals surface area contributed by atoms with Crippen LogP contribution in [0.2, 0.25) is 0 Å². The Morgan fingerprint density at radius 2 is 2.14 bits per heavy atom. The third kappa shape index (κ3) is 3.22. The van der Waals surface area contributed by atoms with Crippen LogP contribution in [-0.2, 0) is 11.3 Å². The van der Waals surface area contributed by atoms with Gasteiger partial charge in [0.2, 0.25) is 5.91 Å². The summed E-state index contributed by atoms with van der Waals surface area (Å²) in [5.41, 5.74) is 5.37. The molecule has 1 amide bonds. The highest BCUT2D eigenvalue weighted by Gasteiger charge is 2.08. The quantitative estimate of drug-likeness (QED) is 0.705. The van der Waals surface area contributed by atoms with Gasteiger partial charge in [-0.15, -0.1) is 0 Å². The van der Waals surface area contributed by atoms with E-state index >= 15 is 0 Å². The van der Waals surface area contributed by atoms with E-state index in [4.69, 9.17) is 5.73 Å². The molecule has 0 fully saturated rings. The van der Waals surface area contributed by atoms with Gasteiger partial charge in [0.1, 0.15) is 0 Å². The third-order valence-corrected chi connectivity index (χ3v) is 2.14. The molecule has 0 saturated carbocycles. The molecule has 78 valence electrons. The van der Waals surface area contributed by atoms with Crippen molar-refractivity contribution in [1.82, 2.24) is 9.88 Å². The zero-order valence-electron chi connectivity index (χ0n) is 8.44. The summed E-state index contributed by atoms with van der Waals surface area (Å²) in [6, 6.07) is 3.93. The number of aromatic nitrogens is 1. The van der Waals surface area contributed by atoms with Gasteiger partial charge >= 0.3 is 0 Å². The molecule has 14 heavy (non-hydrogen) atoms. The van der Waals surface area contributed by atoms with E-state index in [1.165, 1.54) is 0 Å². The second-order valence-electron chi connectivity index (χ2n) is 3.35. The van der Waals surface area contributed by atoms with Gasteiger partial charge in [-0.2, -0.15) is 0 Å². The first-order chi connectivity index (χ1) is 6.74. The molecule has 4 heteroatoms. The van der Waals surface area contributed by atoms with Crippen molar-refractivity contribution in [3.05, 3.63) is 24.5 Å². The van der Waals surface area contributed by atoms with Crippen LogP contribution in [0.1, 0.15) is 6.92 Å². The average Bonchev–Trinajstić information content (AvgIpc) is 2.69. The SMILES string of the molecule is CC(CN)C(=O)NCCn1cccc1. The highest BCUT2D eigenvalue weighted by Crippen LogP contribution is 1.91. The van der Waals surface area contributed by atoms with Crippen LogP contribution < -0.4 is 11.1 Å². The maximum atomic E-state index is 11.3. The zero-order valence-corrected chi connectivity index (χ0v) is 8.44. The first-order valence-corrected chi connectivity index (χ1v) is 4.82. The Kier molecular flexibility index (Phi) is 4.19. The van der Waals surface area contributed by atoms with Crippen LogP contribution in [-0.4, -0.2) is 23.6 Å². The molecule has 0 radical (unpaired) electrons. The predicted molar refractivity (Wildman–Crippen MR) is 55.7 cm³/mol. The molecule has 0 saturated heterocycles. The van der Waals surface area contributed by atoms with Crippen LogP contribution in [0.3, 0.4) is 0 Å². The Labute approximate surface area is 84.1 Å². The molecule has 1 aromatic rings. The summed E-state index contributed by atoms with van der Waals surface area (Å²) in [5, 5.41) is 2.83. The van der Waals surface area contributed by atoms with E-state index in [9.17, 15) is 4.79 Å². The van der Waals surface area contributed by atoms with Crippen LogP contribution in [0, 0.1) is 5.92 Å². The van der Waals surface area contributed by atoms with E-state index in [1.807, 2.05) is 36.0 Å². The third-order valence-electron chi connectivity index (χ3n) is 2.14. The standard InChI is InChI=1S/C10H17N3O/c1-9(8-11)10(14)12-4-7-13-5-2-3-6-13/h2-3,5-6,9H,4,7-8,11H2,1H3,(H,12,14). The van der Waals surface area contributed by atoms with Crippen LogP contribution in [0.5, 0.6) is 0 Å². The predicted octanol–water partition coefficient (Wildman–Crippen LogP) is 0.199. The molecule has 1 atom stereocenters. The lowest BCUT2D eigenvalue weighted by atomic mass is 10.2. The number of hydrogen-bond donors (Lipinski definition) is 2. The van der Waals surface area contributed by atoms with Gasteiger partial charge in [0.25, 0.3) is 0 Å². The summed E-state index contributed by atoms with van der Waals surface area (Å²) >= 11 is 0. The van der Waals surface area contributed by atoms with Crippen molar-refractivity contribution in [1.29, 1.82) is 0 Å².